The number of methoxy groups -OCH3 is 1. The Kier molecular flexibility index (Phi) is 6.60. The maximum absolute atomic E-state index is 13.2. The number of fused-ring (bicyclic) bond motifs is 1. The molecule has 186 valence electrons. The van der Waals surface area contributed by atoms with Crippen LogP contribution in [-0.2, 0) is 4.74 Å². The quantitative estimate of drug-likeness (QED) is 0.230. The topological polar surface area (TPSA) is 79.7 Å². The minimum atomic E-state index is -0.513. The molecule has 0 spiro atoms. The number of hydrogen-bond donors (Lipinski definition) is 0. The van der Waals surface area contributed by atoms with Gasteiger partial charge < -0.3 is 14.2 Å². The third-order valence-electron chi connectivity index (χ3n) is 6.05. The van der Waals surface area contributed by atoms with Gasteiger partial charge in [-0.05, 0) is 73.5 Å². The molecule has 2 heterocycles. The molecule has 0 atom stereocenters. The molecule has 0 fully saturated rings. The Bertz CT molecular complexity index is 1520. The zero-order chi connectivity index (χ0) is 25.9. The number of aromatic nitrogens is 2. The van der Waals surface area contributed by atoms with E-state index in [4.69, 9.17) is 19.3 Å². The largest absolute Gasteiger partial charge is 0.493 e. The number of nitrogens with zero attached hydrogens (tertiary/aromatic N) is 2. The molecule has 3 aromatic carbocycles. The van der Waals surface area contributed by atoms with E-state index in [1.807, 2.05) is 61.7 Å². The van der Waals surface area contributed by atoms with E-state index in [-0.39, 0.29) is 17.1 Å². The van der Waals surface area contributed by atoms with Crippen LogP contribution in [0.2, 0.25) is 0 Å². The molecule has 4 aromatic rings. The van der Waals surface area contributed by atoms with Crippen molar-refractivity contribution in [1.82, 2.24) is 9.78 Å². The summed E-state index contributed by atoms with van der Waals surface area (Å²) in [7, 11) is 1.30. The molecule has 1 aliphatic rings. The predicted octanol–water partition coefficient (Wildman–Crippen LogP) is 6.04. The number of para-hydroxylation sites is 1. The number of Topliss-reactive ketones (excluding diaryl/α,β-unsaturated/α-hetero) is 1. The number of carbonyl (C=O) groups is 2. The molecule has 5 rings (SSSR count). The Morgan fingerprint density at radius 3 is 2.62 bits per heavy atom. The lowest BCUT2D eigenvalue weighted by Crippen LogP contribution is -2.03. The average molecular weight is 495 g/mol. The average Bonchev–Trinajstić information content (AvgIpc) is 3.49. The molecule has 0 radical (unpaired) electrons. The molecule has 0 bridgehead atoms. The lowest BCUT2D eigenvalue weighted by Gasteiger charge is -2.09. The van der Waals surface area contributed by atoms with Gasteiger partial charge >= 0.3 is 5.97 Å². The van der Waals surface area contributed by atoms with E-state index < -0.39 is 5.97 Å². The van der Waals surface area contributed by atoms with Crippen molar-refractivity contribution in [1.29, 1.82) is 0 Å². The number of ketones is 1. The number of benzene rings is 3. The van der Waals surface area contributed by atoms with Crippen LogP contribution in [0, 0.1) is 6.92 Å². The Balaban J connectivity index is 1.56. The van der Waals surface area contributed by atoms with Crippen LogP contribution in [-0.4, -0.2) is 35.2 Å². The number of rotatable bonds is 7. The molecule has 1 aliphatic heterocycles. The van der Waals surface area contributed by atoms with E-state index in [0.29, 0.717) is 23.6 Å². The second kappa shape index (κ2) is 10.1. The smallest absolute Gasteiger partial charge is 0.337 e. The van der Waals surface area contributed by atoms with Crippen LogP contribution in [0.4, 0.5) is 0 Å². The highest BCUT2D eigenvalue weighted by Crippen LogP contribution is 2.35. The predicted molar refractivity (Wildman–Crippen MR) is 140 cm³/mol. The van der Waals surface area contributed by atoms with E-state index in [1.54, 1.807) is 22.9 Å². The van der Waals surface area contributed by atoms with Crippen LogP contribution in [0.3, 0.4) is 0 Å². The summed E-state index contributed by atoms with van der Waals surface area (Å²) in [6.45, 7) is 4.72. The standard InChI is InChI=1S/C30H26N2O5/c1-4-14-36-25-12-10-20(15-19(25)2)28-22(18-32(31-28)23-8-6-5-7-9-23)17-27-29(33)24-16-21(30(34)35-3)11-13-26(24)37-27/h5-13,15-18H,4,14H2,1-3H3. The zero-order valence-corrected chi connectivity index (χ0v) is 20.9. The fourth-order valence-corrected chi connectivity index (χ4v) is 4.18. The minimum absolute atomic E-state index is 0.158. The summed E-state index contributed by atoms with van der Waals surface area (Å²) < 4.78 is 18.3. The van der Waals surface area contributed by atoms with Gasteiger partial charge in [-0.15, -0.1) is 0 Å². The van der Waals surface area contributed by atoms with E-state index in [0.717, 1.165) is 34.5 Å². The second-order valence-corrected chi connectivity index (χ2v) is 8.68. The van der Waals surface area contributed by atoms with Gasteiger partial charge in [-0.2, -0.15) is 5.10 Å². The molecule has 0 unspecified atom stereocenters. The molecule has 7 nitrogen and oxygen atoms in total. The third kappa shape index (κ3) is 4.76. The third-order valence-corrected chi connectivity index (χ3v) is 6.05. The van der Waals surface area contributed by atoms with Crippen LogP contribution in [0.5, 0.6) is 11.5 Å². The van der Waals surface area contributed by atoms with Crippen molar-refractivity contribution in [3.63, 3.8) is 0 Å². The van der Waals surface area contributed by atoms with Gasteiger partial charge in [0.15, 0.2) is 5.76 Å². The number of hydrogen-bond acceptors (Lipinski definition) is 6. The number of allylic oxidation sites excluding steroid dienone is 1. The van der Waals surface area contributed by atoms with Crippen molar-refractivity contribution in [3.8, 4) is 28.4 Å². The van der Waals surface area contributed by atoms with Gasteiger partial charge in [0, 0.05) is 17.3 Å². The molecular weight excluding hydrogens is 468 g/mol. The molecule has 0 aliphatic carbocycles. The maximum atomic E-state index is 13.2. The SMILES string of the molecule is CCCOc1ccc(-c2nn(-c3ccccc3)cc2C=C2Oc3ccc(C(=O)OC)cc3C2=O)cc1C. The van der Waals surface area contributed by atoms with Gasteiger partial charge in [-0.1, -0.05) is 25.1 Å². The number of ether oxygens (including phenoxy) is 3. The van der Waals surface area contributed by atoms with E-state index in [2.05, 4.69) is 6.92 Å². The van der Waals surface area contributed by atoms with E-state index >= 15 is 0 Å². The number of carbonyl (C=O) groups excluding carboxylic acids is 2. The first-order valence-electron chi connectivity index (χ1n) is 12.0. The summed E-state index contributed by atoms with van der Waals surface area (Å²) in [4.78, 5) is 25.1. The molecule has 0 amide bonds. The van der Waals surface area contributed by atoms with Crippen LogP contribution in [0.25, 0.3) is 23.0 Å². The van der Waals surface area contributed by atoms with E-state index in [9.17, 15) is 9.59 Å². The Morgan fingerprint density at radius 1 is 1.08 bits per heavy atom. The second-order valence-electron chi connectivity index (χ2n) is 8.68. The normalized spacial score (nSPS) is 13.4. The molecule has 1 aromatic heterocycles. The van der Waals surface area contributed by atoms with Gasteiger partial charge in [0.05, 0.1) is 30.5 Å². The summed E-state index contributed by atoms with van der Waals surface area (Å²) in [6.07, 6.45) is 4.49. The molecule has 0 saturated carbocycles. The van der Waals surface area contributed by atoms with Gasteiger partial charge in [0.1, 0.15) is 17.2 Å². The summed E-state index contributed by atoms with van der Waals surface area (Å²) in [6, 6.07) is 20.4. The fourth-order valence-electron chi connectivity index (χ4n) is 4.18. The first kappa shape index (κ1) is 24.1. The number of esters is 1. The van der Waals surface area contributed by atoms with Gasteiger partial charge in [-0.3, -0.25) is 4.79 Å². The summed E-state index contributed by atoms with van der Waals surface area (Å²) in [5.41, 5.74) is 4.79. The highest BCUT2D eigenvalue weighted by molar-refractivity contribution is 6.15. The van der Waals surface area contributed by atoms with Gasteiger partial charge in [0.25, 0.3) is 0 Å². The van der Waals surface area contributed by atoms with Crippen LogP contribution in [0.1, 0.15) is 45.2 Å². The van der Waals surface area contributed by atoms with E-state index in [1.165, 1.54) is 13.2 Å². The first-order chi connectivity index (χ1) is 18.0. The van der Waals surface area contributed by atoms with Crippen LogP contribution in [0.15, 0.2) is 78.7 Å². The molecule has 0 N–H and O–H groups in total. The molecule has 37 heavy (non-hydrogen) atoms. The van der Waals surface area contributed by atoms with Crippen molar-refractivity contribution in [2.45, 2.75) is 20.3 Å². The monoisotopic (exact) mass is 494 g/mol. The van der Waals surface area contributed by atoms with Crippen molar-refractivity contribution in [3.05, 3.63) is 101 Å². The van der Waals surface area contributed by atoms with Crippen molar-refractivity contribution in [2.24, 2.45) is 0 Å². The Labute approximate surface area is 214 Å². The fraction of sp³-hybridized carbons (Fsp3) is 0.167. The highest BCUT2D eigenvalue weighted by atomic mass is 16.5. The van der Waals surface area contributed by atoms with Gasteiger partial charge in [0.2, 0.25) is 5.78 Å². The van der Waals surface area contributed by atoms with Crippen molar-refractivity contribution < 1.29 is 23.8 Å². The summed E-state index contributed by atoms with van der Waals surface area (Å²) in [5, 5.41) is 4.85. The van der Waals surface area contributed by atoms with Crippen molar-refractivity contribution >= 4 is 17.8 Å². The zero-order valence-electron chi connectivity index (χ0n) is 20.9. The lowest BCUT2D eigenvalue weighted by atomic mass is 10.0. The van der Waals surface area contributed by atoms with Crippen molar-refractivity contribution in [2.75, 3.05) is 13.7 Å². The van der Waals surface area contributed by atoms with Crippen LogP contribution < -0.4 is 9.47 Å². The summed E-state index contributed by atoms with van der Waals surface area (Å²) in [5.74, 6) is 0.568. The Hall–Kier alpha value is -4.65. The van der Waals surface area contributed by atoms with Gasteiger partial charge in [-0.25, -0.2) is 9.48 Å². The Morgan fingerprint density at radius 2 is 1.89 bits per heavy atom. The first-order valence-corrected chi connectivity index (χ1v) is 12.0. The highest BCUT2D eigenvalue weighted by Gasteiger charge is 2.29. The van der Waals surface area contributed by atoms with Crippen LogP contribution >= 0.6 is 0 Å². The minimum Gasteiger partial charge on any atom is -0.493 e. The summed E-state index contributed by atoms with van der Waals surface area (Å²) >= 11 is 0. The maximum Gasteiger partial charge on any atom is 0.337 e. The molecule has 7 heteroatoms. The lowest BCUT2D eigenvalue weighted by molar-refractivity contribution is 0.0600. The molecule has 0 saturated heterocycles. The number of aryl methyl sites for hydroxylation is 1. The molecular formula is C30H26N2O5.